The fraction of sp³-hybridized carbons (Fsp3) is 1.00. The zero-order valence-electron chi connectivity index (χ0n) is 13.8. The van der Waals surface area contributed by atoms with Gasteiger partial charge in [-0.3, -0.25) is 0 Å². The van der Waals surface area contributed by atoms with Crippen molar-refractivity contribution in [1.82, 2.24) is 5.32 Å². The average molecular weight is 283 g/mol. The second-order valence-corrected chi connectivity index (χ2v) is 7.22. The molecule has 0 aromatic heterocycles. The fourth-order valence-corrected chi connectivity index (χ4v) is 4.27. The number of rotatable bonds is 8. The lowest BCUT2D eigenvalue weighted by molar-refractivity contribution is -0.132. The van der Waals surface area contributed by atoms with Crippen LogP contribution in [-0.4, -0.2) is 38.5 Å². The topological polar surface area (TPSA) is 30.5 Å². The van der Waals surface area contributed by atoms with Crippen molar-refractivity contribution >= 4 is 0 Å². The highest BCUT2D eigenvalue weighted by Gasteiger charge is 2.43. The fourth-order valence-electron chi connectivity index (χ4n) is 4.27. The van der Waals surface area contributed by atoms with Crippen molar-refractivity contribution in [1.29, 1.82) is 0 Å². The molecular weight excluding hydrogens is 250 g/mol. The minimum atomic E-state index is 0.243. The van der Waals surface area contributed by atoms with E-state index < -0.39 is 0 Å². The second kappa shape index (κ2) is 7.24. The molecule has 3 nitrogen and oxygen atoms in total. The van der Waals surface area contributed by atoms with Crippen LogP contribution in [0.25, 0.3) is 0 Å². The number of hydrogen-bond acceptors (Lipinski definition) is 3. The smallest absolute Gasteiger partial charge is 0.0986 e. The van der Waals surface area contributed by atoms with E-state index in [1.54, 1.807) is 0 Å². The molecule has 0 radical (unpaired) electrons. The Labute approximate surface area is 124 Å². The molecule has 3 heteroatoms. The average Bonchev–Trinajstić information content (AvgIpc) is 2.81. The summed E-state index contributed by atoms with van der Waals surface area (Å²) in [6.07, 6.45) is 8.63. The van der Waals surface area contributed by atoms with Gasteiger partial charge in [0, 0.05) is 26.3 Å². The van der Waals surface area contributed by atoms with E-state index in [9.17, 15) is 0 Å². The van der Waals surface area contributed by atoms with Gasteiger partial charge in [0.15, 0.2) is 0 Å². The Hall–Kier alpha value is -0.120. The summed E-state index contributed by atoms with van der Waals surface area (Å²) >= 11 is 0. The van der Waals surface area contributed by atoms with E-state index in [4.69, 9.17) is 9.47 Å². The zero-order chi connectivity index (χ0) is 14.6. The van der Waals surface area contributed by atoms with Crippen molar-refractivity contribution in [2.45, 2.75) is 77.5 Å². The van der Waals surface area contributed by atoms with Crippen molar-refractivity contribution < 1.29 is 9.47 Å². The molecule has 20 heavy (non-hydrogen) atoms. The molecule has 0 saturated heterocycles. The summed E-state index contributed by atoms with van der Waals surface area (Å²) in [6, 6.07) is 0.487. The lowest BCUT2D eigenvalue weighted by Crippen LogP contribution is -2.61. The summed E-state index contributed by atoms with van der Waals surface area (Å²) in [4.78, 5) is 0. The Morgan fingerprint density at radius 2 is 1.95 bits per heavy atom. The van der Waals surface area contributed by atoms with Crippen LogP contribution in [0.4, 0.5) is 0 Å². The van der Waals surface area contributed by atoms with Crippen LogP contribution in [0.5, 0.6) is 0 Å². The number of nitrogens with one attached hydrogen (secondary N) is 1. The van der Waals surface area contributed by atoms with Gasteiger partial charge in [-0.15, -0.1) is 0 Å². The third kappa shape index (κ3) is 3.75. The maximum absolute atomic E-state index is 5.71. The molecule has 0 spiro atoms. The highest BCUT2D eigenvalue weighted by Crippen LogP contribution is 2.43. The Morgan fingerprint density at radius 1 is 1.25 bits per heavy atom. The number of hydrogen-bond donors (Lipinski definition) is 1. The third-order valence-corrected chi connectivity index (χ3v) is 5.15. The minimum absolute atomic E-state index is 0.243. The van der Waals surface area contributed by atoms with Gasteiger partial charge >= 0.3 is 0 Å². The van der Waals surface area contributed by atoms with E-state index in [1.807, 2.05) is 7.11 Å². The Bertz CT molecular complexity index is 287. The first-order chi connectivity index (χ1) is 9.60. The predicted octanol–water partition coefficient (Wildman–Crippen LogP) is 3.37. The molecule has 2 rings (SSSR count). The van der Waals surface area contributed by atoms with Gasteiger partial charge in [0.25, 0.3) is 0 Å². The molecule has 2 aliphatic rings. The molecule has 2 aliphatic carbocycles. The largest absolute Gasteiger partial charge is 0.377 e. The lowest BCUT2D eigenvalue weighted by atomic mass is 9.77. The number of methoxy groups -OCH3 is 1. The molecule has 0 heterocycles. The van der Waals surface area contributed by atoms with Crippen LogP contribution >= 0.6 is 0 Å². The van der Waals surface area contributed by atoms with Crippen molar-refractivity contribution in [2.75, 3.05) is 20.3 Å². The molecule has 2 saturated carbocycles. The zero-order valence-corrected chi connectivity index (χ0v) is 13.8. The molecule has 0 aromatic rings. The molecule has 0 aliphatic heterocycles. The molecular formula is C17H33NO2. The Morgan fingerprint density at radius 3 is 2.50 bits per heavy atom. The first kappa shape index (κ1) is 16.3. The maximum Gasteiger partial charge on any atom is 0.0986 e. The highest BCUT2D eigenvalue weighted by molar-refractivity contribution is 4.99. The van der Waals surface area contributed by atoms with Crippen molar-refractivity contribution in [2.24, 2.45) is 11.3 Å². The van der Waals surface area contributed by atoms with E-state index in [2.05, 4.69) is 26.1 Å². The summed E-state index contributed by atoms with van der Waals surface area (Å²) in [6.45, 7) is 8.71. The third-order valence-electron chi connectivity index (χ3n) is 5.15. The van der Waals surface area contributed by atoms with Gasteiger partial charge < -0.3 is 14.8 Å². The molecule has 0 bridgehead atoms. The quantitative estimate of drug-likeness (QED) is 0.741. The summed E-state index contributed by atoms with van der Waals surface area (Å²) in [5.41, 5.74) is 0.545. The molecule has 2 fully saturated rings. The van der Waals surface area contributed by atoms with E-state index in [1.165, 1.54) is 32.1 Å². The second-order valence-electron chi connectivity index (χ2n) is 7.22. The van der Waals surface area contributed by atoms with Gasteiger partial charge in [-0.1, -0.05) is 26.7 Å². The Balaban J connectivity index is 1.81. The van der Waals surface area contributed by atoms with Crippen LogP contribution in [-0.2, 0) is 9.47 Å². The van der Waals surface area contributed by atoms with Crippen LogP contribution in [0.15, 0.2) is 0 Å². The van der Waals surface area contributed by atoms with Crippen LogP contribution < -0.4 is 5.32 Å². The molecule has 118 valence electrons. The van der Waals surface area contributed by atoms with E-state index in [-0.39, 0.29) is 6.10 Å². The first-order valence-electron chi connectivity index (χ1n) is 8.48. The highest BCUT2D eigenvalue weighted by atomic mass is 16.5. The predicted molar refractivity (Wildman–Crippen MR) is 83.0 cm³/mol. The van der Waals surface area contributed by atoms with E-state index in [0.29, 0.717) is 17.6 Å². The number of ether oxygens (including phenoxy) is 2. The minimum Gasteiger partial charge on any atom is -0.377 e. The lowest BCUT2D eigenvalue weighted by Gasteiger charge is -2.45. The first-order valence-corrected chi connectivity index (χ1v) is 8.48. The molecule has 3 unspecified atom stereocenters. The SMILES string of the molecule is CCOC1CC(NCC2(CC(C)C)CCCC2)C1OC. The van der Waals surface area contributed by atoms with Crippen molar-refractivity contribution in [3.05, 3.63) is 0 Å². The summed E-state index contributed by atoms with van der Waals surface area (Å²) in [5.74, 6) is 0.797. The molecule has 3 atom stereocenters. The van der Waals surface area contributed by atoms with Crippen LogP contribution in [0.1, 0.15) is 59.3 Å². The molecule has 0 aromatic carbocycles. The summed E-state index contributed by atoms with van der Waals surface area (Å²) in [5, 5.41) is 3.79. The van der Waals surface area contributed by atoms with Gasteiger partial charge in [0.05, 0.1) is 12.2 Å². The van der Waals surface area contributed by atoms with E-state index in [0.717, 1.165) is 25.5 Å². The Kier molecular flexibility index (Phi) is 5.88. The monoisotopic (exact) mass is 283 g/mol. The van der Waals surface area contributed by atoms with Crippen molar-refractivity contribution in [3.8, 4) is 0 Å². The van der Waals surface area contributed by atoms with Crippen LogP contribution in [0.2, 0.25) is 0 Å². The normalized spacial score (nSPS) is 32.5. The summed E-state index contributed by atoms with van der Waals surface area (Å²) < 4.78 is 11.3. The van der Waals surface area contributed by atoms with Gasteiger partial charge in [0.1, 0.15) is 0 Å². The van der Waals surface area contributed by atoms with Gasteiger partial charge in [-0.05, 0) is 43.9 Å². The van der Waals surface area contributed by atoms with Crippen molar-refractivity contribution in [3.63, 3.8) is 0 Å². The molecule has 1 N–H and O–H groups in total. The van der Waals surface area contributed by atoms with Gasteiger partial charge in [-0.2, -0.15) is 0 Å². The van der Waals surface area contributed by atoms with Crippen LogP contribution in [0, 0.1) is 11.3 Å². The van der Waals surface area contributed by atoms with Crippen LogP contribution in [0.3, 0.4) is 0 Å². The standard InChI is InChI=1S/C17H33NO2/c1-5-20-15-10-14(16(15)19-4)18-12-17(11-13(2)3)8-6-7-9-17/h13-16,18H,5-12H2,1-4H3. The summed E-state index contributed by atoms with van der Waals surface area (Å²) in [7, 11) is 1.81. The van der Waals surface area contributed by atoms with E-state index >= 15 is 0 Å². The van der Waals surface area contributed by atoms with Gasteiger partial charge in [0.2, 0.25) is 0 Å². The maximum atomic E-state index is 5.71. The van der Waals surface area contributed by atoms with Gasteiger partial charge in [-0.25, -0.2) is 0 Å². The molecule has 0 amide bonds.